The third-order valence-electron chi connectivity index (χ3n) is 5.58. The molecule has 0 bridgehead atoms. The Morgan fingerprint density at radius 3 is 2.33 bits per heavy atom. The SMILES string of the molecule is COc1cc(CN2C(=O)[C@@H]3C[C@@H](O)CN3C(=O)c3ccccc32)cc(OC)c1OC. The molecule has 2 aliphatic rings. The van der Waals surface area contributed by atoms with E-state index in [2.05, 4.69) is 0 Å². The van der Waals surface area contributed by atoms with E-state index in [1.165, 1.54) is 26.2 Å². The highest BCUT2D eigenvalue weighted by Crippen LogP contribution is 2.40. The lowest BCUT2D eigenvalue weighted by molar-refractivity contribution is -0.122. The predicted octanol–water partition coefficient (Wildman–Crippen LogP) is 1.83. The lowest BCUT2D eigenvalue weighted by Crippen LogP contribution is -2.44. The summed E-state index contributed by atoms with van der Waals surface area (Å²) >= 11 is 0. The van der Waals surface area contributed by atoms with Crippen LogP contribution in [-0.4, -0.2) is 61.8 Å². The van der Waals surface area contributed by atoms with Crippen molar-refractivity contribution in [2.24, 2.45) is 0 Å². The van der Waals surface area contributed by atoms with Gasteiger partial charge in [-0.15, -0.1) is 0 Å². The van der Waals surface area contributed by atoms with Crippen LogP contribution in [-0.2, 0) is 11.3 Å². The monoisotopic (exact) mass is 412 g/mol. The van der Waals surface area contributed by atoms with Gasteiger partial charge in [-0.3, -0.25) is 9.59 Å². The largest absolute Gasteiger partial charge is 0.493 e. The summed E-state index contributed by atoms with van der Waals surface area (Å²) in [6, 6.07) is 9.92. The van der Waals surface area contributed by atoms with Gasteiger partial charge >= 0.3 is 0 Å². The van der Waals surface area contributed by atoms with E-state index in [9.17, 15) is 14.7 Å². The Labute approximate surface area is 174 Å². The zero-order valence-corrected chi connectivity index (χ0v) is 17.1. The molecule has 8 heteroatoms. The molecule has 158 valence electrons. The quantitative estimate of drug-likeness (QED) is 0.806. The maximum Gasteiger partial charge on any atom is 0.256 e. The summed E-state index contributed by atoms with van der Waals surface area (Å²) < 4.78 is 16.2. The van der Waals surface area contributed by atoms with Gasteiger partial charge in [0.25, 0.3) is 5.91 Å². The van der Waals surface area contributed by atoms with E-state index in [1.54, 1.807) is 41.3 Å². The Kier molecular flexibility index (Phi) is 5.26. The number of ether oxygens (including phenoxy) is 3. The minimum atomic E-state index is -0.712. The highest BCUT2D eigenvalue weighted by atomic mass is 16.5. The molecule has 1 saturated heterocycles. The number of carbonyl (C=O) groups excluding carboxylic acids is 2. The number of para-hydroxylation sites is 1. The summed E-state index contributed by atoms with van der Waals surface area (Å²) in [4.78, 5) is 29.6. The van der Waals surface area contributed by atoms with Crippen LogP contribution in [0.1, 0.15) is 22.3 Å². The molecule has 0 saturated carbocycles. The van der Waals surface area contributed by atoms with E-state index in [4.69, 9.17) is 14.2 Å². The molecule has 2 amide bonds. The average Bonchev–Trinajstić information content (AvgIpc) is 3.14. The Balaban J connectivity index is 1.79. The zero-order chi connectivity index (χ0) is 21.4. The fraction of sp³-hybridized carbons (Fsp3) is 0.364. The molecule has 2 aliphatic heterocycles. The van der Waals surface area contributed by atoms with Crippen LogP contribution in [0.5, 0.6) is 17.2 Å². The second kappa shape index (κ2) is 7.87. The topological polar surface area (TPSA) is 88.5 Å². The molecule has 0 aromatic heterocycles. The van der Waals surface area contributed by atoms with Crippen LogP contribution in [0, 0.1) is 0 Å². The number of aliphatic hydroxyl groups is 1. The molecule has 0 spiro atoms. The lowest BCUT2D eigenvalue weighted by Gasteiger charge is -2.26. The van der Waals surface area contributed by atoms with Crippen molar-refractivity contribution < 1.29 is 28.9 Å². The molecule has 1 fully saturated rings. The van der Waals surface area contributed by atoms with E-state index >= 15 is 0 Å². The fourth-order valence-corrected chi connectivity index (χ4v) is 4.19. The van der Waals surface area contributed by atoms with E-state index in [0.717, 1.165) is 5.56 Å². The first-order valence-corrected chi connectivity index (χ1v) is 9.66. The summed E-state index contributed by atoms with van der Waals surface area (Å²) in [5.74, 6) is 0.964. The van der Waals surface area contributed by atoms with Gasteiger partial charge in [0.1, 0.15) is 6.04 Å². The number of rotatable bonds is 5. The minimum Gasteiger partial charge on any atom is -0.493 e. The number of nitrogens with zero attached hydrogens (tertiary/aromatic N) is 2. The van der Waals surface area contributed by atoms with Crippen molar-refractivity contribution in [2.75, 3.05) is 32.8 Å². The second-order valence-electron chi connectivity index (χ2n) is 7.34. The van der Waals surface area contributed by atoms with Crippen molar-refractivity contribution in [1.29, 1.82) is 0 Å². The number of hydrogen-bond acceptors (Lipinski definition) is 6. The van der Waals surface area contributed by atoms with Crippen LogP contribution >= 0.6 is 0 Å². The lowest BCUT2D eigenvalue weighted by atomic mass is 10.1. The summed E-state index contributed by atoms with van der Waals surface area (Å²) in [7, 11) is 4.59. The van der Waals surface area contributed by atoms with E-state index < -0.39 is 12.1 Å². The number of aliphatic hydroxyl groups excluding tert-OH is 1. The standard InChI is InChI=1S/C22H24N2O6/c1-28-18-8-13(9-19(29-2)20(18)30-3)11-23-16-7-5-4-6-15(16)21(26)24-12-14(25)10-17(24)22(23)27/h4-9,14,17,25H,10-12H2,1-3H3/t14-,17+/m1/s1. The maximum absolute atomic E-state index is 13.5. The van der Waals surface area contributed by atoms with Crippen LogP contribution in [0.4, 0.5) is 5.69 Å². The minimum absolute atomic E-state index is 0.154. The van der Waals surface area contributed by atoms with Gasteiger partial charge in [0.15, 0.2) is 11.5 Å². The molecule has 1 N–H and O–H groups in total. The highest BCUT2D eigenvalue weighted by Gasteiger charge is 2.45. The number of hydrogen-bond donors (Lipinski definition) is 1. The molecule has 2 atom stereocenters. The first kappa shape index (κ1) is 20.0. The average molecular weight is 412 g/mol. The van der Waals surface area contributed by atoms with Crippen molar-refractivity contribution in [3.05, 3.63) is 47.5 Å². The Morgan fingerprint density at radius 2 is 1.70 bits per heavy atom. The second-order valence-corrected chi connectivity index (χ2v) is 7.34. The number of methoxy groups -OCH3 is 3. The van der Waals surface area contributed by atoms with Crippen molar-refractivity contribution in [3.63, 3.8) is 0 Å². The number of amides is 2. The van der Waals surface area contributed by atoms with Gasteiger partial charge in [-0.05, 0) is 29.8 Å². The van der Waals surface area contributed by atoms with Crippen molar-refractivity contribution in [1.82, 2.24) is 4.90 Å². The molecule has 2 aromatic rings. The van der Waals surface area contributed by atoms with Gasteiger partial charge in [0, 0.05) is 13.0 Å². The van der Waals surface area contributed by atoms with E-state index in [-0.39, 0.29) is 31.3 Å². The molecule has 4 rings (SSSR count). The van der Waals surface area contributed by atoms with Gasteiger partial charge in [-0.25, -0.2) is 0 Å². The van der Waals surface area contributed by atoms with Gasteiger partial charge in [0.05, 0.1) is 45.2 Å². The van der Waals surface area contributed by atoms with E-state index in [0.29, 0.717) is 28.5 Å². The summed E-state index contributed by atoms with van der Waals surface area (Å²) in [5.41, 5.74) is 1.74. The zero-order valence-electron chi connectivity index (χ0n) is 17.1. The van der Waals surface area contributed by atoms with Crippen LogP contribution in [0.25, 0.3) is 0 Å². The highest BCUT2D eigenvalue weighted by molar-refractivity contribution is 6.11. The first-order valence-electron chi connectivity index (χ1n) is 9.66. The Bertz CT molecular complexity index is 966. The first-order chi connectivity index (χ1) is 14.5. The molecule has 2 aromatic carbocycles. The molecular formula is C22H24N2O6. The molecule has 0 unspecified atom stereocenters. The van der Waals surface area contributed by atoms with Gasteiger partial charge in [0.2, 0.25) is 11.7 Å². The van der Waals surface area contributed by atoms with Gasteiger partial charge < -0.3 is 29.1 Å². The number of anilines is 1. The number of carbonyl (C=O) groups is 2. The summed E-state index contributed by atoms with van der Waals surface area (Å²) in [5, 5.41) is 10.1. The Hall–Kier alpha value is -3.26. The van der Waals surface area contributed by atoms with Crippen LogP contribution in [0.15, 0.2) is 36.4 Å². The van der Waals surface area contributed by atoms with Gasteiger partial charge in [-0.1, -0.05) is 12.1 Å². The third kappa shape index (κ3) is 3.23. The van der Waals surface area contributed by atoms with Crippen molar-refractivity contribution in [2.45, 2.75) is 25.1 Å². The molecular weight excluding hydrogens is 388 g/mol. The Morgan fingerprint density at radius 1 is 1.03 bits per heavy atom. The molecule has 30 heavy (non-hydrogen) atoms. The molecule has 0 aliphatic carbocycles. The molecule has 2 heterocycles. The normalized spacial score (nSPS) is 20.5. The smallest absolute Gasteiger partial charge is 0.256 e. The molecule has 0 radical (unpaired) electrons. The van der Waals surface area contributed by atoms with Crippen molar-refractivity contribution in [3.8, 4) is 17.2 Å². The van der Waals surface area contributed by atoms with Gasteiger partial charge in [-0.2, -0.15) is 0 Å². The van der Waals surface area contributed by atoms with Crippen molar-refractivity contribution >= 4 is 17.5 Å². The summed E-state index contributed by atoms with van der Waals surface area (Å²) in [6.45, 7) is 0.363. The predicted molar refractivity (Wildman–Crippen MR) is 109 cm³/mol. The maximum atomic E-state index is 13.5. The van der Waals surface area contributed by atoms with Crippen LogP contribution < -0.4 is 19.1 Å². The van der Waals surface area contributed by atoms with E-state index in [1.807, 2.05) is 0 Å². The number of fused-ring (bicyclic) bond motifs is 2. The molecule has 8 nitrogen and oxygen atoms in total. The summed E-state index contributed by atoms with van der Waals surface area (Å²) in [6.07, 6.45) is -0.485. The van der Waals surface area contributed by atoms with Crippen LogP contribution in [0.2, 0.25) is 0 Å². The van der Waals surface area contributed by atoms with Crippen LogP contribution in [0.3, 0.4) is 0 Å². The number of benzene rings is 2. The fourth-order valence-electron chi connectivity index (χ4n) is 4.19. The third-order valence-corrected chi connectivity index (χ3v) is 5.58.